The zero-order chi connectivity index (χ0) is 22.1. The van der Waals surface area contributed by atoms with Crippen LogP contribution in [0.15, 0.2) is 24.3 Å². The molecule has 172 valence electrons. The Morgan fingerprint density at radius 1 is 1.19 bits per heavy atom. The van der Waals surface area contributed by atoms with Gasteiger partial charge < -0.3 is 34.1 Å². The van der Waals surface area contributed by atoms with E-state index in [0.717, 1.165) is 5.69 Å². The smallest absolute Gasteiger partial charge is 0.341 e. The third-order valence-electron chi connectivity index (χ3n) is 5.95. The van der Waals surface area contributed by atoms with Crippen LogP contribution in [0, 0.1) is 0 Å². The number of carbonyl (C=O) groups excluding carboxylic acids is 1. The van der Waals surface area contributed by atoms with E-state index in [1.165, 1.54) is 0 Å². The standard InChI is InChI=1S/C20H27N7O5/c1-25(2)13-4-3-5-14(10-13)32-20-22-23-24-27(20)16-12-31-17-15(11-30-18(16)17)21-19(28)26-6-8-29-9-7-26/h3-5,10,15-18H,6-9,11-12H2,1-2H3,(H,21,28)/t15-,16+,17-,18+/m0/s1. The maximum Gasteiger partial charge on any atom is 0.341 e. The van der Waals surface area contributed by atoms with Gasteiger partial charge in [-0.25, -0.2) is 4.79 Å². The number of nitrogens with zero attached hydrogens (tertiary/aromatic N) is 6. The number of anilines is 1. The minimum absolute atomic E-state index is 0.123. The lowest BCUT2D eigenvalue weighted by atomic mass is 10.1. The third kappa shape index (κ3) is 4.08. The summed E-state index contributed by atoms with van der Waals surface area (Å²) < 4.78 is 24.9. The molecule has 12 heteroatoms. The van der Waals surface area contributed by atoms with Crippen molar-refractivity contribution >= 4 is 11.7 Å². The van der Waals surface area contributed by atoms with Gasteiger partial charge in [0.2, 0.25) is 0 Å². The van der Waals surface area contributed by atoms with E-state index >= 15 is 0 Å². The van der Waals surface area contributed by atoms with Crippen molar-refractivity contribution in [3.05, 3.63) is 24.3 Å². The minimum Gasteiger partial charge on any atom is -0.423 e. The van der Waals surface area contributed by atoms with E-state index in [2.05, 4.69) is 20.8 Å². The van der Waals surface area contributed by atoms with Crippen LogP contribution in [0.25, 0.3) is 0 Å². The van der Waals surface area contributed by atoms with Gasteiger partial charge in [0.05, 0.1) is 32.5 Å². The van der Waals surface area contributed by atoms with Crippen LogP contribution in [0.2, 0.25) is 0 Å². The number of benzene rings is 1. The molecule has 32 heavy (non-hydrogen) atoms. The van der Waals surface area contributed by atoms with Crippen LogP contribution in [-0.4, -0.2) is 103 Å². The molecule has 0 unspecified atom stereocenters. The molecular weight excluding hydrogens is 418 g/mol. The predicted octanol–water partition coefficient (Wildman–Crippen LogP) is 0.281. The molecule has 2 aromatic rings. The maximum atomic E-state index is 12.6. The Morgan fingerprint density at radius 2 is 2.00 bits per heavy atom. The molecular formula is C20H27N7O5. The van der Waals surface area contributed by atoms with Gasteiger partial charge in [-0.1, -0.05) is 11.2 Å². The Balaban J connectivity index is 1.25. The van der Waals surface area contributed by atoms with E-state index < -0.39 is 0 Å². The molecule has 3 fully saturated rings. The van der Waals surface area contributed by atoms with Crippen LogP contribution in [-0.2, 0) is 14.2 Å². The van der Waals surface area contributed by atoms with Crippen LogP contribution in [0.1, 0.15) is 6.04 Å². The average molecular weight is 445 g/mol. The van der Waals surface area contributed by atoms with Gasteiger partial charge in [0, 0.05) is 38.9 Å². The molecule has 0 spiro atoms. The van der Waals surface area contributed by atoms with E-state index in [0.29, 0.717) is 45.3 Å². The van der Waals surface area contributed by atoms with Gasteiger partial charge in [-0.2, -0.15) is 4.68 Å². The second kappa shape index (κ2) is 8.88. The van der Waals surface area contributed by atoms with Gasteiger partial charge in [0.25, 0.3) is 0 Å². The second-order valence-electron chi connectivity index (χ2n) is 8.22. The third-order valence-corrected chi connectivity index (χ3v) is 5.95. The molecule has 0 bridgehead atoms. The van der Waals surface area contributed by atoms with Crippen molar-refractivity contribution in [2.24, 2.45) is 0 Å². The molecule has 0 radical (unpaired) electrons. The van der Waals surface area contributed by atoms with Crippen molar-refractivity contribution in [1.29, 1.82) is 0 Å². The number of fused-ring (bicyclic) bond motifs is 1. The van der Waals surface area contributed by atoms with Crippen molar-refractivity contribution in [3.8, 4) is 11.8 Å². The number of amides is 2. The van der Waals surface area contributed by atoms with Gasteiger partial charge in [0.1, 0.15) is 24.0 Å². The summed E-state index contributed by atoms with van der Waals surface area (Å²) in [4.78, 5) is 16.3. The number of ether oxygens (including phenoxy) is 4. The number of nitrogens with one attached hydrogen (secondary N) is 1. The number of urea groups is 1. The fourth-order valence-corrected chi connectivity index (χ4v) is 4.22. The summed E-state index contributed by atoms with van der Waals surface area (Å²) >= 11 is 0. The highest BCUT2D eigenvalue weighted by atomic mass is 16.6. The molecule has 3 aliphatic rings. The highest BCUT2D eigenvalue weighted by Gasteiger charge is 2.50. The van der Waals surface area contributed by atoms with Crippen molar-refractivity contribution in [3.63, 3.8) is 0 Å². The van der Waals surface area contributed by atoms with E-state index in [1.807, 2.05) is 43.3 Å². The van der Waals surface area contributed by atoms with Crippen LogP contribution >= 0.6 is 0 Å². The summed E-state index contributed by atoms with van der Waals surface area (Å²) in [6, 6.07) is 7.31. The van der Waals surface area contributed by atoms with Crippen molar-refractivity contribution in [2.45, 2.75) is 24.3 Å². The normalized spacial score (nSPS) is 27.2. The molecule has 1 aromatic heterocycles. The van der Waals surface area contributed by atoms with Gasteiger partial charge in [0.15, 0.2) is 0 Å². The molecule has 2 amide bonds. The summed E-state index contributed by atoms with van der Waals surface area (Å²) in [6.07, 6.45) is -0.567. The maximum absolute atomic E-state index is 12.6. The van der Waals surface area contributed by atoms with E-state index in [-0.39, 0.29) is 36.3 Å². The summed E-state index contributed by atoms with van der Waals surface area (Å²) in [7, 11) is 3.93. The number of tetrazole rings is 1. The monoisotopic (exact) mass is 445 g/mol. The van der Waals surface area contributed by atoms with Gasteiger partial charge in [-0.3, -0.25) is 0 Å². The molecule has 3 aliphatic heterocycles. The predicted molar refractivity (Wildman–Crippen MR) is 112 cm³/mol. The minimum atomic E-state index is -0.288. The molecule has 1 aromatic carbocycles. The second-order valence-corrected chi connectivity index (χ2v) is 8.22. The highest BCUT2D eigenvalue weighted by molar-refractivity contribution is 5.74. The highest BCUT2D eigenvalue weighted by Crippen LogP contribution is 2.36. The summed E-state index contributed by atoms with van der Waals surface area (Å²) in [5, 5.41) is 15.0. The first-order valence-electron chi connectivity index (χ1n) is 10.7. The van der Waals surface area contributed by atoms with E-state index in [4.69, 9.17) is 18.9 Å². The Morgan fingerprint density at radius 3 is 2.81 bits per heavy atom. The van der Waals surface area contributed by atoms with Crippen molar-refractivity contribution in [2.75, 3.05) is 58.5 Å². The first kappa shape index (κ1) is 20.9. The average Bonchev–Trinajstić information content (AvgIpc) is 3.52. The zero-order valence-corrected chi connectivity index (χ0v) is 18.1. The SMILES string of the molecule is CN(C)c1cccc(Oc2nnnn2[C@@H]2CO[C@@H]3[C@@H]2OC[C@@H]3NC(=O)N2CCOCC2)c1. The van der Waals surface area contributed by atoms with Crippen molar-refractivity contribution < 1.29 is 23.7 Å². The lowest BCUT2D eigenvalue weighted by molar-refractivity contribution is 0.0485. The quantitative estimate of drug-likeness (QED) is 0.693. The zero-order valence-electron chi connectivity index (χ0n) is 18.1. The molecule has 3 saturated heterocycles. The molecule has 1 N–H and O–H groups in total. The number of aromatic nitrogens is 4. The lowest BCUT2D eigenvalue weighted by Gasteiger charge is -2.29. The Kier molecular flexibility index (Phi) is 5.81. The number of carbonyl (C=O) groups is 1. The Bertz CT molecular complexity index is 948. The molecule has 0 aliphatic carbocycles. The number of morpholine rings is 1. The largest absolute Gasteiger partial charge is 0.423 e. The summed E-state index contributed by atoms with van der Waals surface area (Å²) in [5.74, 6) is 0.630. The molecule has 5 rings (SSSR count). The van der Waals surface area contributed by atoms with Gasteiger partial charge in [-0.05, 0) is 22.6 Å². The van der Waals surface area contributed by atoms with Crippen LogP contribution in [0.4, 0.5) is 10.5 Å². The number of hydrogen-bond acceptors (Lipinski definition) is 9. The van der Waals surface area contributed by atoms with Crippen molar-refractivity contribution in [1.82, 2.24) is 30.4 Å². The summed E-state index contributed by atoms with van der Waals surface area (Å²) in [5.41, 5.74) is 1.00. The lowest BCUT2D eigenvalue weighted by Crippen LogP contribution is -2.52. The molecule has 0 saturated carbocycles. The van der Waals surface area contributed by atoms with E-state index in [1.54, 1.807) is 9.58 Å². The molecule has 12 nitrogen and oxygen atoms in total. The van der Waals surface area contributed by atoms with Crippen LogP contribution < -0.4 is 15.0 Å². The van der Waals surface area contributed by atoms with Crippen LogP contribution in [0.3, 0.4) is 0 Å². The van der Waals surface area contributed by atoms with Crippen LogP contribution in [0.5, 0.6) is 11.8 Å². The Labute approximate surface area is 185 Å². The molecule has 4 heterocycles. The molecule has 4 atom stereocenters. The van der Waals surface area contributed by atoms with E-state index in [9.17, 15) is 4.79 Å². The topological polar surface area (TPSA) is 116 Å². The first-order chi connectivity index (χ1) is 15.6. The number of rotatable bonds is 5. The Hall–Kier alpha value is -2.96. The number of hydrogen-bond donors (Lipinski definition) is 1. The summed E-state index contributed by atoms with van der Waals surface area (Å²) in [6.45, 7) is 3.00. The fraction of sp³-hybridized carbons (Fsp3) is 0.600. The van der Waals surface area contributed by atoms with Gasteiger partial charge >= 0.3 is 12.0 Å². The first-order valence-corrected chi connectivity index (χ1v) is 10.7. The fourth-order valence-electron chi connectivity index (χ4n) is 4.22. The van der Waals surface area contributed by atoms with Gasteiger partial charge in [-0.15, -0.1) is 0 Å².